The number of aryl methyl sites for hydroxylation is 2. The van der Waals surface area contributed by atoms with Gasteiger partial charge in [-0.2, -0.15) is 0 Å². The van der Waals surface area contributed by atoms with Gasteiger partial charge in [-0.1, -0.05) is 17.7 Å². The third-order valence-corrected chi connectivity index (χ3v) is 4.09. The Kier molecular flexibility index (Phi) is 7.59. The number of ketones is 1. The van der Waals surface area contributed by atoms with E-state index in [-0.39, 0.29) is 18.9 Å². The molecular formula is C21H25N3O5. The van der Waals surface area contributed by atoms with Crippen molar-refractivity contribution < 1.29 is 23.9 Å². The third-order valence-electron chi connectivity index (χ3n) is 4.09. The van der Waals surface area contributed by atoms with Crippen LogP contribution >= 0.6 is 0 Å². The molecule has 0 saturated heterocycles. The highest BCUT2D eigenvalue weighted by Crippen LogP contribution is 2.28. The van der Waals surface area contributed by atoms with Gasteiger partial charge in [0.2, 0.25) is 0 Å². The molecule has 0 spiro atoms. The lowest BCUT2D eigenvalue weighted by molar-refractivity contribution is -0.129. The van der Waals surface area contributed by atoms with Crippen LogP contribution in [0.15, 0.2) is 36.4 Å². The standard InChI is InChI=1S/C21H25N3O5/c1-13-5-7-17(14(2)9-13)22-11-20(26)23-24-21(27)12-29-18-8-6-16(15(3)25)10-19(18)28-4/h5-10,22H,11-12H2,1-4H3,(H,23,26)(H,24,27). The van der Waals surface area contributed by atoms with E-state index in [9.17, 15) is 14.4 Å². The molecule has 29 heavy (non-hydrogen) atoms. The van der Waals surface area contributed by atoms with Crippen molar-refractivity contribution in [2.75, 3.05) is 25.6 Å². The van der Waals surface area contributed by atoms with Crippen molar-refractivity contribution in [3.63, 3.8) is 0 Å². The molecule has 8 nitrogen and oxygen atoms in total. The smallest absolute Gasteiger partial charge is 0.276 e. The van der Waals surface area contributed by atoms with Crippen LogP contribution in [0, 0.1) is 13.8 Å². The van der Waals surface area contributed by atoms with Crippen LogP contribution in [-0.2, 0) is 9.59 Å². The van der Waals surface area contributed by atoms with Crippen LogP contribution in [0.2, 0.25) is 0 Å². The first-order chi connectivity index (χ1) is 13.8. The molecule has 2 aromatic rings. The van der Waals surface area contributed by atoms with Crippen LogP contribution in [0.3, 0.4) is 0 Å². The fraction of sp³-hybridized carbons (Fsp3) is 0.286. The van der Waals surface area contributed by atoms with Gasteiger partial charge in [0, 0.05) is 11.3 Å². The Morgan fingerprint density at radius 1 is 0.931 bits per heavy atom. The fourth-order valence-electron chi connectivity index (χ4n) is 2.56. The Labute approximate surface area is 169 Å². The number of anilines is 1. The van der Waals surface area contributed by atoms with E-state index in [1.165, 1.54) is 20.1 Å². The number of rotatable bonds is 8. The summed E-state index contributed by atoms with van der Waals surface area (Å²) in [6, 6.07) is 10.5. The first-order valence-corrected chi connectivity index (χ1v) is 9.00. The number of Topliss-reactive ketones (excluding diaryl/α,β-unsaturated/α-hetero) is 1. The van der Waals surface area contributed by atoms with Crippen LogP contribution in [-0.4, -0.2) is 37.9 Å². The van der Waals surface area contributed by atoms with E-state index < -0.39 is 11.8 Å². The van der Waals surface area contributed by atoms with E-state index in [1.807, 2.05) is 32.0 Å². The average molecular weight is 399 g/mol. The summed E-state index contributed by atoms with van der Waals surface area (Å²) in [6.07, 6.45) is 0. The van der Waals surface area contributed by atoms with E-state index in [0.29, 0.717) is 17.1 Å². The van der Waals surface area contributed by atoms with Gasteiger partial charge in [-0.25, -0.2) is 0 Å². The van der Waals surface area contributed by atoms with Crippen molar-refractivity contribution in [3.8, 4) is 11.5 Å². The highest BCUT2D eigenvalue weighted by molar-refractivity contribution is 5.94. The molecule has 0 saturated carbocycles. The minimum atomic E-state index is -0.539. The number of hydrogen-bond acceptors (Lipinski definition) is 6. The summed E-state index contributed by atoms with van der Waals surface area (Å²) in [6.45, 7) is 5.06. The van der Waals surface area contributed by atoms with E-state index in [0.717, 1.165) is 16.8 Å². The first-order valence-electron chi connectivity index (χ1n) is 9.00. The van der Waals surface area contributed by atoms with Crippen molar-refractivity contribution in [2.24, 2.45) is 0 Å². The molecule has 0 bridgehead atoms. The second-order valence-electron chi connectivity index (χ2n) is 6.48. The number of ether oxygens (including phenoxy) is 2. The zero-order valence-electron chi connectivity index (χ0n) is 16.9. The van der Waals surface area contributed by atoms with Gasteiger partial charge in [-0.3, -0.25) is 25.2 Å². The Morgan fingerprint density at radius 2 is 1.66 bits per heavy atom. The highest BCUT2D eigenvalue weighted by atomic mass is 16.5. The maximum absolute atomic E-state index is 11.9. The molecule has 3 N–H and O–H groups in total. The second-order valence-corrected chi connectivity index (χ2v) is 6.48. The van der Waals surface area contributed by atoms with E-state index >= 15 is 0 Å². The minimum absolute atomic E-state index is 0.00533. The Hall–Kier alpha value is -3.55. The van der Waals surface area contributed by atoms with Gasteiger partial charge in [0.1, 0.15) is 0 Å². The molecule has 0 aliphatic carbocycles. The number of carbonyl (C=O) groups excluding carboxylic acids is 3. The number of nitrogens with one attached hydrogen (secondary N) is 3. The zero-order valence-corrected chi connectivity index (χ0v) is 16.9. The quantitative estimate of drug-likeness (QED) is 0.464. The number of hydrogen-bond donors (Lipinski definition) is 3. The summed E-state index contributed by atoms with van der Waals surface area (Å²) in [4.78, 5) is 35.2. The van der Waals surface area contributed by atoms with E-state index in [4.69, 9.17) is 9.47 Å². The molecule has 8 heteroatoms. The van der Waals surface area contributed by atoms with Crippen molar-refractivity contribution in [2.45, 2.75) is 20.8 Å². The average Bonchev–Trinajstić information content (AvgIpc) is 2.69. The molecule has 2 aromatic carbocycles. The van der Waals surface area contributed by atoms with Gasteiger partial charge in [-0.05, 0) is 50.6 Å². The van der Waals surface area contributed by atoms with E-state index in [1.54, 1.807) is 12.1 Å². The maximum Gasteiger partial charge on any atom is 0.276 e. The summed E-state index contributed by atoms with van der Waals surface area (Å²) in [5.74, 6) is -0.392. The molecule has 0 unspecified atom stereocenters. The Bertz CT molecular complexity index is 911. The number of benzene rings is 2. The van der Waals surface area contributed by atoms with Crippen molar-refractivity contribution in [1.82, 2.24) is 10.9 Å². The summed E-state index contributed by atoms with van der Waals surface area (Å²) in [5, 5.41) is 3.01. The lowest BCUT2D eigenvalue weighted by Crippen LogP contribution is -2.46. The number of amides is 2. The monoisotopic (exact) mass is 399 g/mol. The topological polar surface area (TPSA) is 106 Å². The van der Waals surface area contributed by atoms with Gasteiger partial charge in [0.15, 0.2) is 23.9 Å². The van der Waals surface area contributed by atoms with Crippen molar-refractivity contribution in [3.05, 3.63) is 53.1 Å². The zero-order chi connectivity index (χ0) is 21.4. The van der Waals surface area contributed by atoms with Crippen LogP contribution in [0.5, 0.6) is 11.5 Å². The largest absolute Gasteiger partial charge is 0.493 e. The molecular weight excluding hydrogens is 374 g/mol. The summed E-state index contributed by atoms with van der Waals surface area (Å²) >= 11 is 0. The van der Waals surface area contributed by atoms with Gasteiger partial charge < -0.3 is 14.8 Å². The number of carbonyl (C=O) groups is 3. The van der Waals surface area contributed by atoms with Crippen LogP contribution in [0.4, 0.5) is 5.69 Å². The van der Waals surface area contributed by atoms with Gasteiger partial charge in [0.05, 0.1) is 13.7 Å². The van der Waals surface area contributed by atoms with E-state index in [2.05, 4.69) is 16.2 Å². The predicted molar refractivity (Wildman–Crippen MR) is 109 cm³/mol. The van der Waals surface area contributed by atoms with Gasteiger partial charge >= 0.3 is 0 Å². The molecule has 0 atom stereocenters. The summed E-state index contributed by atoms with van der Waals surface area (Å²) in [5.41, 5.74) is 8.08. The number of methoxy groups -OCH3 is 1. The first kappa shape index (κ1) is 21.7. The van der Waals surface area contributed by atoms with Gasteiger partial charge in [-0.15, -0.1) is 0 Å². The second kappa shape index (κ2) is 10.1. The van der Waals surface area contributed by atoms with Crippen LogP contribution < -0.4 is 25.6 Å². The summed E-state index contributed by atoms with van der Waals surface area (Å²) in [7, 11) is 1.44. The maximum atomic E-state index is 11.9. The molecule has 0 fully saturated rings. The normalized spacial score (nSPS) is 10.1. The molecule has 0 aliphatic heterocycles. The van der Waals surface area contributed by atoms with Crippen LogP contribution in [0.25, 0.3) is 0 Å². The summed E-state index contributed by atoms with van der Waals surface area (Å²) < 4.78 is 10.6. The highest BCUT2D eigenvalue weighted by Gasteiger charge is 2.11. The molecule has 2 amide bonds. The molecule has 0 radical (unpaired) electrons. The lowest BCUT2D eigenvalue weighted by atomic mass is 10.1. The van der Waals surface area contributed by atoms with Crippen LogP contribution in [0.1, 0.15) is 28.4 Å². The van der Waals surface area contributed by atoms with Crippen molar-refractivity contribution in [1.29, 1.82) is 0 Å². The molecule has 154 valence electrons. The SMILES string of the molecule is COc1cc(C(C)=O)ccc1OCC(=O)NNC(=O)CNc1ccc(C)cc1C. The lowest BCUT2D eigenvalue weighted by Gasteiger charge is -2.13. The molecule has 0 aliphatic rings. The molecule has 0 heterocycles. The Morgan fingerprint density at radius 3 is 2.31 bits per heavy atom. The third kappa shape index (κ3) is 6.53. The molecule has 2 rings (SSSR count). The molecule has 0 aromatic heterocycles. The van der Waals surface area contributed by atoms with Crippen molar-refractivity contribution >= 4 is 23.3 Å². The minimum Gasteiger partial charge on any atom is -0.493 e. The Balaban J connectivity index is 1.78. The predicted octanol–water partition coefficient (Wildman–Crippen LogP) is 2.15. The fourth-order valence-corrected chi connectivity index (χ4v) is 2.56. The van der Waals surface area contributed by atoms with Gasteiger partial charge in [0.25, 0.3) is 11.8 Å². The number of hydrazine groups is 1.